The fourth-order valence-corrected chi connectivity index (χ4v) is 4.32. The van der Waals surface area contributed by atoms with Crippen molar-refractivity contribution in [2.24, 2.45) is 4.99 Å². The second kappa shape index (κ2) is 13.8. The maximum atomic E-state index is 12.5. The molecule has 0 aliphatic carbocycles. The lowest BCUT2D eigenvalue weighted by molar-refractivity contribution is 0.114. The molecule has 32 heavy (non-hydrogen) atoms. The lowest BCUT2D eigenvalue weighted by atomic mass is 10.2. The van der Waals surface area contributed by atoms with Crippen molar-refractivity contribution in [3.05, 3.63) is 48.3 Å². The molecule has 0 spiro atoms. The largest absolute Gasteiger partial charge is 0.377 e. The first-order valence-electron chi connectivity index (χ1n) is 10.8. The maximum absolute atomic E-state index is 12.5. The number of guanidine groups is 1. The van der Waals surface area contributed by atoms with Crippen LogP contribution in [-0.2, 0) is 27.8 Å². The molecule has 3 N–H and O–H groups in total. The molecule has 2 heterocycles. The van der Waals surface area contributed by atoms with Crippen LogP contribution < -0.4 is 15.4 Å². The number of sulfonamides is 1. The zero-order valence-corrected chi connectivity index (χ0v) is 21.5. The molecule has 1 saturated heterocycles. The molecule has 1 aliphatic heterocycles. The van der Waals surface area contributed by atoms with Gasteiger partial charge in [0.25, 0.3) is 0 Å². The van der Waals surface area contributed by atoms with Gasteiger partial charge in [0.2, 0.25) is 10.0 Å². The fourth-order valence-electron chi connectivity index (χ4n) is 3.26. The Balaban J connectivity index is 0.00000363. The number of aryl methyl sites for hydroxylation is 1. The van der Waals surface area contributed by atoms with Gasteiger partial charge in [0, 0.05) is 45.2 Å². The molecule has 1 aromatic heterocycles. The number of hydrogen-bond donors (Lipinski definition) is 3. The summed E-state index contributed by atoms with van der Waals surface area (Å²) < 4.78 is 34.9. The lowest BCUT2D eigenvalue weighted by Crippen LogP contribution is -2.38. The summed E-state index contributed by atoms with van der Waals surface area (Å²) in [4.78, 5) is 4.84. The summed E-state index contributed by atoms with van der Waals surface area (Å²) in [5, 5.41) is 10.7. The van der Waals surface area contributed by atoms with Gasteiger partial charge < -0.3 is 15.4 Å². The summed E-state index contributed by atoms with van der Waals surface area (Å²) in [6, 6.07) is 8.74. The quantitative estimate of drug-likeness (QED) is 0.164. The van der Waals surface area contributed by atoms with Gasteiger partial charge in [-0.25, -0.2) is 18.1 Å². The molecule has 0 bridgehead atoms. The molecular formula is C21H33IN6O3S. The van der Waals surface area contributed by atoms with Gasteiger partial charge in [-0.1, -0.05) is 12.1 Å². The second-order valence-electron chi connectivity index (χ2n) is 7.38. The van der Waals surface area contributed by atoms with E-state index in [9.17, 15) is 8.42 Å². The van der Waals surface area contributed by atoms with E-state index in [0.717, 1.165) is 50.4 Å². The van der Waals surface area contributed by atoms with Crippen LogP contribution in [0.5, 0.6) is 0 Å². The summed E-state index contributed by atoms with van der Waals surface area (Å²) in [5.41, 5.74) is 0.937. The molecule has 3 rings (SSSR count). The fraction of sp³-hybridized carbons (Fsp3) is 0.524. The number of hydrogen-bond acceptors (Lipinski definition) is 5. The van der Waals surface area contributed by atoms with Crippen molar-refractivity contribution in [1.82, 2.24) is 25.1 Å². The highest BCUT2D eigenvalue weighted by atomic mass is 127. The topological polar surface area (TPSA) is 110 Å². The van der Waals surface area contributed by atoms with E-state index in [4.69, 9.17) is 4.74 Å². The first-order chi connectivity index (χ1) is 15.1. The Kier molecular flexibility index (Phi) is 11.4. The third-order valence-corrected chi connectivity index (χ3v) is 6.38. The Bertz CT molecular complexity index is 914. The second-order valence-corrected chi connectivity index (χ2v) is 9.14. The minimum absolute atomic E-state index is 0. The molecule has 0 saturated carbocycles. The van der Waals surface area contributed by atoms with Crippen molar-refractivity contribution in [2.45, 2.75) is 50.3 Å². The summed E-state index contributed by atoms with van der Waals surface area (Å²) in [5.74, 6) is 0.734. The van der Waals surface area contributed by atoms with Crippen molar-refractivity contribution >= 4 is 40.0 Å². The van der Waals surface area contributed by atoms with Crippen molar-refractivity contribution in [2.75, 3.05) is 26.2 Å². The number of benzene rings is 1. The number of rotatable bonds is 11. The van der Waals surface area contributed by atoms with Gasteiger partial charge in [-0.2, -0.15) is 5.10 Å². The van der Waals surface area contributed by atoms with Gasteiger partial charge >= 0.3 is 0 Å². The first kappa shape index (κ1) is 26.6. The minimum Gasteiger partial charge on any atom is -0.377 e. The molecule has 9 nitrogen and oxygen atoms in total. The van der Waals surface area contributed by atoms with E-state index in [2.05, 4.69) is 25.4 Å². The van der Waals surface area contributed by atoms with Gasteiger partial charge in [-0.05, 0) is 49.9 Å². The molecule has 1 fully saturated rings. The number of aromatic nitrogens is 2. The Morgan fingerprint density at radius 3 is 2.75 bits per heavy atom. The summed E-state index contributed by atoms with van der Waals surface area (Å²) in [6.07, 6.45) is 6.49. The normalized spacial score (nSPS) is 16.5. The number of nitrogens with zero attached hydrogens (tertiary/aromatic N) is 3. The van der Waals surface area contributed by atoms with Gasteiger partial charge in [0.1, 0.15) is 0 Å². The molecule has 1 unspecified atom stereocenters. The van der Waals surface area contributed by atoms with Crippen LogP contribution in [-0.4, -0.2) is 56.5 Å². The molecule has 1 atom stereocenters. The first-order valence-corrected chi connectivity index (χ1v) is 12.2. The highest BCUT2D eigenvalue weighted by Crippen LogP contribution is 2.14. The van der Waals surface area contributed by atoms with E-state index in [1.54, 1.807) is 30.5 Å². The molecule has 178 valence electrons. The van der Waals surface area contributed by atoms with Crippen LogP contribution in [0.1, 0.15) is 31.7 Å². The summed E-state index contributed by atoms with van der Waals surface area (Å²) in [7, 11) is -3.54. The van der Waals surface area contributed by atoms with Gasteiger partial charge in [-0.15, -0.1) is 24.0 Å². The SMILES string of the molecule is CCNC(=NCc1ccc(S(=O)(=O)NCC2CCCO2)cc1)NCCCn1cccn1.I. The molecule has 1 aliphatic rings. The van der Waals surface area contributed by atoms with E-state index < -0.39 is 10.0 Å². The molecule has 0 amide bonds. The van der Waals surface area contributed by atoms with Gasteiger partial charge in [0.05, 0.1) is 17.5 Å². The molecule has 0 radical (unpaired) electrons. The Morgan fingerprint density at radius 1 is 1.28 bits per heavy atom. The predicted octanol–water partition coefficient (Wildman–Crippen LogP) is 2.10. The van der Waals surface area contributed by atoms with Gasteiger partial charge in [-0.3, -0.25) is 4.68 Å². The number of ether oxygens (including phenoxy) is 1. The zero-order valence-electron chi connectivity index (χ0n) is 18.4. The molecule has 11 heteroatoms. The Morgan fingerprint density at radius 2 is 2.09 bits per heavy atom. The standard InChI is InChI=1S/C21H32N6O3S.HI/c1-2-22-21(23-11-4-13-27-14-5-12-25-27)24-16-18-7-9-20(10-8-18)31(28,29)26-17-19-6-3-15-30-19;/h5,7-10,12,14,19,26H,2-4,6,11,13,15-17H2,1H3,(H2,22,23,24);1H. The van der Waals surface area contributed by atoms with E-state index in [1.807, 2.05) is 23.9 Å². The van der Waals surface area contributed by atoms with Crippen LogP contribution >= 0.6 is 24.0 Å². The van der Waals surface area contributed by atoms with E-state index in [1.165, 1.54) is 0 Å². The van der Waals surface area contributed by atoms with Crippen LogP contribution in [0.15, 0.2) is 52.6 Å². The lowest BCUT2D eigenvalue weighted by Gasteiger charge is -2.12. The average molecular weight is 577 g/mol. The highest BCUT2D eigenvalue weighted by molar-refractivity contribution is 14.0. The van der Waals surface area contributed by atoms with Crippen LogP contribution in [0, 0.1) is 0 Å². The van der Waals surface area contributed by atoms with Crippen molar-refractivity contribution < 1.29 is 13.2 Å². The average Bonchev–Trinajstić information content (AvgIpc) is 3.48. The van der Waals surface area contributed by atoms with E-state index >= 15 is 0 Å². The molecular weight excluding hydrogens is 543 g/mol. The van der Waals surface area contributed by atoms with Gasteiger partial charge in [0.15, 0.2) is 5.96 Å². The predicted molar refractivity (Wildman–Crippen MR) is 136 cm³/mol. The van der Waals surface area contributed by atoms with Crippen molar-refractivity contribution in [3.63, 3.8) is 0 Å². The number of aliphatic imine (C=N–C) groups is 1. The zero-order chi connectivity index (χ0) is 21.9. The molecule has 1 aromatic carbocycles. The van der Waals surface area contributed by atoms with Crippen LogP contribution in [0.25, 0.3) is 0 Å². The summed E-state index contributed by atoms with van der Waals surface area (Å²) in [6.45, 7) is 5.87. The number of nitrogens with one attached hydrogen (secondary N) is 3. The van der Waals surface area contributed by atoms with E-state index in [-0.39, 0.29) is 35.0 Å². The van der Waals surface area contributed by atoms with Crippen molar-refractivity contribution in [3.8, 4) is 0 Å². The third-order valence-electron chi connectivity index (χ3n) is 4.94. The highest BCUT2D eigenvalue weighted by Gasteiger charge is 2.20. The summed E-state index contributed by atoms with van der Waals surface area (Å²) >= 11 is 0. The monoisotopic (exact) mass is 576 g/mol. The Labute approximate surface area is 207 Å². The Hall–Kier alpha value is -1.70. The maximum Gasteiger partial charge on any atom is 0.240 e. The smallest absolute Gasteiger partial charge is 0.240 e. The van der Waals surface area contributed by atoms with E-state index in [0.29, 0.717) is 19.7 Å². The minimum atomic E-state index is -3.54. The van der Waals surface area contributed by atoms with Crippen LogP contribution in [0.3, 0.4) is 0 Å². The van der Waals surface area contributed by atoms with Crippen molar-refractivity contribution in [1.29, 1.82) is 0 Å². The van der Waals surface area contributed by atoms with Crippen LogP contribution in [0.2, 0.25) is 0 Å². The number of halogens is 1. The third kappa shape index (κ3) is 8.68. The molecule has 2 aromatic rings. The van der Waals surface area contributed by atoms with Crippen LogP contribution in [0.4, 0.5) is 0 Å².